The van der Waals surface area contributed by atoms with Crippen molar-refractivity contribution in [3.8, 4) is 17.2 Å². The molecular formula is C27H28ClN5O6. The van der Waals surface area contributed by atoms with Crippen LogP contribution in [0.3, 0.4) is 0 Å². The van der Waals surface area contributed by atoms with Crippen LogP contribution < -0.4 is 9.47 Å². The van der Waals surface area contributed by atoms with Gasteiger partial charge in [0.2, 0.25) is 0 Å². The lowest BCUT2D eigenvalue weighted by molar-refractivity contribution is -0.136. The Hall–Kier alpha value is -3.93. The smallest absolute Gasteiger partial charge is 0.311 e. The van der Waals surface area contributed by atoms with Crippen LogP contribution in [0, 0.1) is 0 Å². The molecule has 0 fully saturated rings. The molecule has 0 bridgehead atoms. The average molecular weight is 554 g/mol. The standard InChI is InChI=1S/C27H28ClN5O6/c1-36-15-17-8-10-21-22(11-12-32-30-24(29-31-32)14-25(34)35)39-26(18-5-4-6-23(37-2)27(18)38-3)19-13-16(28)7-9-20(19)33(17)21/h4-10,13,22,26H,11-12,14-15H2,1-3H3,(H,34,35)/t22-,26-/m1/s1. The third-order valence-corrected chi connectivity index (χ3v) is 6.77. The van der Waals surface area contributed by atoms with E-state index in [2.05, 4.69) is 20.0 Å². The number of fused-ring (bicyclic) bond motifs is 3. The van der Waals surface area contributed by atoms with Gasteiger partial charge in [-0.25, -0.2) is 0 Å². The SMILES string of the molecule is COCc1ccc2n1-c1ccc(Cl)cc1[C@@H](c1cccc(OC)c1OC)O[C@@H]2CCn1nnc(CC(=O)O)n1. The molecule has 0 spiro atoms. The Labute approximate surface area is 229 Å². The van der Waals surface area contributed by atoms with Crippen LogP contribution in [0.2, 0.25) is 5.02 Å². The summed E-state index contributed by atoms with van der Waals surface area (Å²) >= 11 is 6.52. The highest BCUT2D eigenvalue weighted by molar-refractivity contribution is 6.30. The molecule has 4 aromatic rings. The summed E-state index contributed by atoms with van der Waals surface area (Å²) in [6.07, 6.45) is -0.798. The number of ether oxygens (including phenoxy) is 4. The summed E-state index contributed by atoms with van der Waals surface area (Å²) in [6.45, 7) is 0.742. The number of hydrogen-bond donors (Lipinski definition) is 1. The number of benzene rings is 2. The maximum Gasteiger partial charge on any atom is 0.311 e. The number of hydrogen-bond acceptors (Lipinski definition) is 8. The predicted octanol–water partition coefficient (Wildman–Crippen LogP) is 4.16. The van der Waals surface area contributed by atoms with Crippen LogP contribution in [-0.2, 0) is 33.8 Å². The van der Waals surface area contributed by atoms with Gasteiger partial charge < -0.3 is 28.6 Å². The van der Waals surface area contributed by atoms with Crippen LogP contribution in [0.4, 0.5) is 0 Å². The second kappa shape index (κ2) is 11.4. The molecule has 12 heteroatoms. The molecule has 3 heterocycles. The largest absolute Gasteiger partial charge is 0.493 e. The first-order valence-electron chi connectivity index (χ1n) is 12.3. The van der Waals surface area contributed by atoms with Crippen LogP contribution in [0.1, 0.15) is 47.0 Å². The second-order valence-corrected chi connectivity index (χ2v) is 9.41. The Bertz CT molecular complexity index is 1490. The van der Waals surface area contributed by atoms with E-state index in [1.165, 1.54) is 4.80 Å². The molecule has 0 saturated carbocycles. The molecule has 1 N–H and O–H groups in total. The Balaban J connectivity index is 1.61. The molecule has 2 aromatic carbocycles. The van der Waals surface area contributed by atoms with Crippen molar-refractivity contribution in [1.29, 1.82) is 0 Å². The van der Waals surface area contributed by atoms with Gasteiger partial charge in [0.05, 0.1) is 38.8 Å². The van der Waals surface area contributed by atoms with E-state index in [1.807, 2.05) is 48.5 Å². The number of aliphatic carboxylic acids is 1. The van der Waals surface area contributed by atoms with Crippen molar-refractivity contribution in [2.75, 3.05) is 21.3 Å². The zero-order valence-electron chi connectivity index (χ0n) is 21.7. The number of carbonyl (C=O) groups is 1. The van der Waals surface area contributed by atoms with Crippen LogP contribution >= 0.6 is 11.6 Å². The molecule has 1 aliphatic heterocycles. The fraction of sp³-hybridized carbons (Fsp3) is 0.333. The zero-order chi connectivity index (χ0) is 27.5. The van der Waals surface area contributed by atoms with Crippen molar-refractivity contribution in [2.24, 2.45) is 0 Å². The molecule has 0 unspecified atom stereocenters. The highest BCUT2D eigenvalue weighted by Gasteiger charge is 2.34. The van der Waals surface area contributed by atoms with E-state index in [1.54, 1.807) is 21.3 Å². The molecule has 0 amide bonds. The third-order valence-electron chi connectivity index (χ3n) is 6.54. The summed E-state index contributed by atoms with van der Waals surface area (Å²) in [4.78, 5) is 12.4. The minimum Gasteiger partial charge on any atom is -0.493 e. The molecule has 0 saturated heterocycles. The van der Waals surface area contributed by atoms with Crippen LogP contribution in [-0.4, -0.2) is 57.2 Å². The topological polar surface area (TPSA) is 123 Å². The van der Waals surface area contributed by atoms with E-state index in [9.17, 15) is 4.79 Å². The molecule has 204 valence electrons. The Morgan fingerprint density at radius 2 is 1.95 bits per heavy atom. The number of methoxy groups -OCH3 is 3. The Morgan fingerprint density at radius 3 is 2.69 bits per heavy atom. The highest BCUT2D eigenvalue weighted by Crippen LogP contribution is 2.47. The maximum atomic E-state index is 11.0. The van der Waals surface area contributed by atoms with Crippen molar-refractivity contribution in [1.82, 2.24) is 24.8 Å². The van der Waals surface area contributed by atoms with Gasteiger partial charge in [-0.15, -0.1) is 10.2 Å². The normalized spacial score (nSPS) is 16.3. The number of aryl methyl sites for hydroxylation is 1. The lowest BCUT2D eigenvalue weighted by Gasteiger charge is -2.25. The van der Waals surface area contributed by atoms with Crippen LogP contribution in [0.5, 0.6) is 11.5 Å². The fourth-order valence-electron chi connectivity index (χ4n) is 4.93. The van der Waals surface area contributed by atoms with Gasteiger partial charge in [-0.1, -0.05) is 23.7 Å². The lowest BCUT2D eigenvalue weighted by atomic mass is 9.98. The lowest BCUT2D eigenvalue weighted by Crippen LogP contribution is -2.15. The van der Waals surface area contributed by atoms with E-state index >= 15 is 0 Å². The van der Waals surface area contributed by atoms with Gasteiger partial charge in [0.15, 0.2) is 17.3 Å². The second-order valence-electron chi connectivity index (χ2n) is 8.97. The fourth-order valence-corrected chi connectivity index (χ4v) is 5.11. The number of aromatic nitrogens is 5. The number of carboxylic acids is 1. The van der Waals surface area contributed by atoms with Gasteiger partial charge in [0.1, 0.15) is 18.6 Å². The first-order chi connectivity index (χ1) is 18.9. The monoisotopic (exact) mass is 553 g/mol. The Morgan fingerprint density at radius 1 is 1.10 bits per heavy atom. The molecule has 11 nitrogen and oxygen atoms in total. The first kappa shape index (κ1) is 26.7. The molecule has 2 atom stereocenters. The summed E-state index contributed by atoms with van der Waals surface area (Å²) in [6, 6.07) is 15.4. The van der Waals surface area contributed by atoms with Gasteiger partial charge in [-0.2, -0.15) is 4.80 Å². The Kier molecular flexibility index (Phi) is 7.82. The quantitative estimate of drug-likeness (QED) is 0.308. The van der Waals surface area contributed by atoms with E-state index in [-0.39, 0.29) is 12.2 Å². The van der Waals surface area contributed by atoms with E-state index < -0.39 is 18.2 Å². The summed E-state index contributed by atoms with van der Waals surface area (Å²) in [5.41, 5.74) is 4.42. The number of halogens is 1. The molecular weight excluding hydrogens is 526 g/mol. The average Bonchev–Trinajstić information content (AvgIpc) is 3.52. The van der Waals surface area contributed by atoms with Crippen LogP contribution in [0.25, 0.3) is 5.69 Å². The minimum absolute atomic E-state index is 0.149. The first-order valence-corrected chi connectivity index (χ1v) is 12.6. The van der Waals surface area contributed by atoms with Gasteiger partial charge in [0.25, 0.3) is 0 Å². The summed E-state index contributed by atoms with van der Waals surface area (Å²) < 4.78 is 25.9. The van der Waals surface area contributed by atoms with Crippen LogP contribution in [0.15, 0.2) is 48.5 Å². The van der Waals surface area contributed by atoms with Gasteiger partial charge in [-0.05, 0) is 41.6 Å². The van der Waals surface area contributed by atoms with Crippen molar-refractivity contribution in [3.05, 3.63) is 81.9 Å². The van der Waals surface area contributed by atoms with Gasteiger partial charge >= 0.3 is 5.97 Å². The molecule has 1 aliphatic rings. The summed E-state index contributed by atoms with van der Waals surface area (Å²) in [5.74, 6) is 0.280. The molecule has 2 aromatic heterocycles. The molecule has 39 heavy (non-hydrogen) atoms. The molecule has 5 rings (SSSR count). The van der Waals surface area contributed by atoms with Crippen molar-refractivity contribution < 1.29 is 28.8 Å². The number of carboxylic acid groups (broad SMARTS) is 1. The summed E-state index contributed by atoms with van der Waals surface area (Å²) in [5, 5.41) is 21.7. The zero-order valence-corrected chi connectivity index (χ0v) is 22.5. The van der Waals surface area contributed by atoms with E-state index in [0.717, 1.165) is 28.2 Å². The number of rotatable bonds is 10. The number of nitrogens with zero attached hydrogens (tertiary/aromatic N) is 5. The van der Waals surface area contributed by atoms with Crippen molar-refractivity contribution in [2.45, 2.75) is 38.2 Å². The predicted molar refractivity (Wildman–Crippen MR) is 140 cm³/mol. The van der Waals surface area contributed by atoms with E-state index in [0.29, 0.717) is 36.1 Å². The maximum absolute atomic E-state index is 11.0. The van der Waals surface area contributed by atoms with Gasteiger partial charge in [0, 0.05) is 35.4 Å². The van der Waals surface area contributed by atoms with E-state index in [4.69, 9.17) is 35.7 Å². The number of para-hydroxylation sites is 1. The van der Waals surface area contributed by atoms with Crippen molar-refractivity contribution in [3.63, 3.8) is 0 Å². The summed E-state index contributed by atoms with van der Waals surface area (Å²) in [7, 11) is 4.85. The highest BCUT2D eigenvalue weighted by atomic mass is 35.5. The van der Waals surface area contributed by atoms with Crippen molar-refractivity contribution >= 4 is 17.6 Å². The molecule has 0 aliphatic carbocycles. The molecule has 0 radical (unpaired) electrons. The third kappa shape index (κ3) is 5.33. The minimum atomic E-state index is -1.02. The van der Waals surface area contributed by atoms with Gasteiger partial charge in [-0.3, -0.25) is 4.79 Å². The number of tetrazole rings is 1.